The van der Waals surface area contributed by atoms with Gasteiger partial charge in [0.05, 0.1) is 6.42 Å². The van der Waals surface area contributed by atoms with Crippen LogP contribution in [-0.2, 0) is 17.8 Å². The van der Waals surface area contributed by atoms with E-state index in [0.717, 1.165) is 18.9 Å². The number of ketones is 1. The minimum atomic E-state index is 0.272. The summed E-state index contributed by atoms with van der Waals surface area (Å²) in [7, 11) is 0. The Balaban J connectivity index is 1.72. The molecule has 16 heavy (non-hydrogen) atoms. The third-order valence-electron chi connectivity index (χ3n) is 2.91. The summed E-state index contributed by atoms with van der Waals surface area (Å²) in [5, 5.41) is 3.35. The van der Waals surface area contributed by atoms with Crippen LogP contribution in [0.15, 0.2) is 12.4 Å². The molecule has 4 nitrogen and oxygen atoms in total. The summed E-state index contributed by atoms with van der Waals surface area (Å²) in [6.07, 6.45) is 7.31. The first-order chi connectivity index (χ1) is 7.79. The van der Waals surface area contributed by atoms with E-state index in [1.165, 1.54) is 12.8 Å². The summed E-state index contributed by atoms with van der Waals surface area (Å²) in [6, 6.07) is 0.686. The van der Waals surface area contributed by atoms with Gasteiger partial charge in [-0.2, -0.15) is 0 Å². The third-order valence-corrected chi connectivity index (χ3v) is 2.91. The van der Waals surface area contributed by atoms with Crippen LogP contribution in [0.1, 0.15) is 32.0 Å². The Hall–Kier alpha value is -1.16. The SMILES string of the molecule is CCn1ccnc1CC(=O)CCNC1CC1. The van der Waals surface area contributed by atoms with Crippen LogP contribution >= 0.6 is 0 Å². The van der Waals surface area contributed by atoms with Crippen molar-refractivity contribution in [3.8, 4) is 0 Å². The molecular weight excluding hydrogens is 202 g/mol. The molecule has 1 aromatic rings. The Morgan fingerprint density at radius 3 is 3.12 bits per heavy atom. The summed E-state index contributed by atoms with van der Waals surface area (Å²) in [6.45, 7) is 3.75. The highest BCUT2D eigenvalue weighted by Gasteiger charge is 2.20. The normalized spacial score (nSPS) is 15.3. The molecule has 0 spiro atoms. The van der Waals surface area contributed by atoms with Crippen LogP contribution < -0.4 is 5.32 Å². The van der Waals surface area contributed by atoms with Crippen molar-refractivity contribution in [2.75, 3.05) is 6.54 Å². The zero-order chi connectivity index (χ0) is 11.4. The van der Waals surface area contributed by atoms with E-state index in [-0.39, 0.29) is 5.78 Å². The fourth-order valence-corrected chi connectivity index (χ4v) is 1.76. The van der Waals surface area contributed by atoms with E-state index in [4.69, 9.17) is 0 Å². The number of imidazole rings is 1. The maximum atomic E-state index is 11.7. The third kappa shape index (κ3) is 3.17. The molecule has 88 valence electrons. The van der Waals surface area contributed by atoms with E-state index in [1.54, 1.807) is 6.20 Å². The van der Waals surface area contributed by atoms with Gasteiger partial charge in [0, 0.05) is 37.9 Å². The van der Waals surface area contributed by atoms with Crippen LogP contribution in [0.25, 0.3) is 0 Å². The minimum absolute atomic E-state index is 0.272. The highest BCUT2D eigenvalue weighted by molar-refractivity contribution is 5.80. The maximum Gasteiger partial charge on any atom is 0.141 e. The lowest BCUT2D eigenvalue weighted by molar-refractivity contribution is -0.118. The predicted octanol–water partition coefficient (Wildman–Crippen LogP) is 1.16. The molecular formula is C12H19N3O. The van der Waals surface area contributed by atoms with Crippen molar-refractivity contribution in [2.24, 2.45) is 0 Å². The van der Waals surface area contributed by atoms with Gasteiger partial charge >= 0.3 is 0 Å². The lowest BCUT2D eigenvalue weighted by Gasteiger charge is -2.04. The average Bonchev–Trinajstić information content (AvgIpc) is 2.98. The van der Waals surface area contributed by atoms with Crippen LogP contribution in [-0.4, -0.2) is 27.9 Å². The van der Waals surface area contributed by atoms with E-state index >= 15 is 0 Å². The molecule has 0 unspecified atom stereocenters. The van der Waals surface area contributed by atoms with Crippen molar-refractivity contribution in [1.29, 1.82) is 0 Å². The Labute approximate surface area is 96.1 Å². The van der Waals surface area contributed by atoms with Crippen LogP contribution in [0, 0.1) is 0 Å². The molecule has 2 rings (SSSR count). The summed E-state index contributed by atoms with van der Waals surface area (Å²) in [5.74, 6) is 1.16. The first-order valence-corrected chi connectivity index (χ1v) is 6.04. The number of nitrogens with zero attached hydrogens (tertiary/aromatic N) is 2. The van der Waals surface area contributed by atoms with E-state index in [1.807, 2.05) is 10.8 Å². The highest BCUT2D eigenvalue weighted by atomic mass is 16.1. The van der Waals surface area contributed by atoms with Gasteiger partial charge in [-0.15, -0.1) is 0 Å². The van der Waals surface area contributed by atoms with Gasteiger partial charge in [-0.1, -0.05) is 0 Å². The summed E-state index contributed by atoms with van der Waals surface area (Å²) in [5.41, 5.74) is 0. The standard InChI is InChI=1S/C12H19N3O/c1-2-15-8-7-14-12(15)9-11(16)5-6-13-10-3-4-10/h7-8,10,13H,2-6,9H2,1H3. The minimum Gasteiger partial charge on any atom is -0.335 e. The second kappa shape index (κ2) is 5.25. The van der Waals surface area contributed by atoms with Crippen molar-refractivity contribution in [3.63, 3.8) is 0 Å². The van der Waals surface area contributed by atoms with Gasteiger partial charge < -0.3 is 9.88 Å². The Bertz CT molecular complexity index is 355. The second-order valence-electron chi connectivity index (χ2n) is 4.32. The molecule has 1 fully saturated rings. The van der Waals surface area contributed by atoms with Crippen LogP contribution in [0.2, 0.25) is 0 Å². The molecule has 0 amide bonds. The van der Waals surface area contributed by atoms with Gasteiger partial charge in [0.2, 0.25) is 0 Å². The summed E-state index contributed by atoms with van der Waals surface area (Å²) in [4.78, 5) is 15.9. The smallest absolute Gasteiger partial charge is 0.141 e. The van der Waals surface area contributed by atoms with Crippen molar-refractivity contribution < 1.29 is 4.79 Å². The van der Waals surface area contributed by atoms with Crippen molar-refractivity contribution >= 4 is 5.78 Å². The van der Waals surface area contributed by atoms with Gasteiger partial charge in [0.1, 0.15) is 11.6 Å². The molecule has 1 aliphatic rings. The van der Waals surface area contributed by atoms with E-state index < -0.39 is 0 Å². The molecule has 0 atom stereocenters. The van der Waals surface area contributed by atoms with E-state index in [2.05, 4.69) is 17.2 Å². The molecule has 0 radical (unpaired) electrons. The Morgan fingerprint density at radius 2 is 2.44 bits per heavy atom. The number of hydrogen-bond acceptors (Lipinski definition) is 3. The van der Waals surface area contributed by atoms with Gasteiger partial charge in [0.15, 0.2) is 0 Å². The molecule has 1 aliphatic carbocycles. The van der Waals surface area contributed by atoms with Crippen LogP contribution in [0.5, 0.6) is 0 Å². The number of Topliss-reactive ketones (excluding diaryl/α,β-unsaturated/α-hetero) is 1. The van der Waals surface area contributed by atoms with Gasteiger partial charge in [0.25, 0.3) is 0 Å². The molecule has 0 saturated heterocycles. The summed E-state index contributed by atoms with van der Waals surface area (Å²) >= 11 is 0. The van der Waals surface area contributed by atoms with Gasteiger partial charge in [-0.05, 0) is 19.8 Å². The topological polar surface area (TPSA) is 46.9 Å². The largest absolute Gasteiger partial charge is 0.335 e. The fraction of sp³-hybridized carbons (Fsp3) is 0.667. The second-order valence-corrected chi connectivity index (χ2v) is 4.32. The molecule has 1 saturated carbocycles. The number of nitrogens with one attached hydrogen (secondary N) is 1. The molecule has 0 aromatic carbocycles. The zero-order valence-corrected chi connectivity index (χ0v) is 9.78. The number of hydrogen-bond donors (Lipinski definition) is 1. The molecule has 0 aliphatic heterocycles. The highest BCUT2D eigenvalue weighted by Crippen LogP contribution is 2.18. The first-order valence-electron chi connectivity index (χ1n) is 6.04. The van der Waals surface area contributed by atoms with E-state index in [9.17, 15) is 4.79 Å². The lowest BCUT2D eigenvalue weighted by Crippen LogP contribution is -2.21. The zero-order valence-electron chi connectivity index (χ0n) is 9.78. The molecule has 0 bridgehead atoms. The first kappa shape index (κ1) is 11.3. The molecule has 1 aromatic heterocycles. The van der Waals surface area contributed by atoms with Gasteiger partial charge in [-0.25, -0.2) is 4.98 Å². The predicted molar refractivity (Wildman–Crippen MR) is 62.3 cm³/mol. The van der Waals surface area contributed by atoms with Crippen molar-refractivity contribution in [3.05, 3.63) is 18.2 Å². The maximum absolute atomic E-state index is 11.7. The molecule has 1 heterocycles. The molecule has 4 heteroatoms. The fourth-order valence-electron chi connectivity index (χ4n) is 1.76. The van der Waals surface area contributed by atoms with Crippen molar-refractivity contribution in [1.82, 2.24) is 14.9 Å². The number of aryl methyl sites for hydroxylation is 1. The number of carbonyl (C=O) groups excluding carboxylic acids is 1. The quantitative estimate of drug-likeness (QED) is 0.751. The number of aromatic nitrogens is 2. The van der Waals surface area contributed by atoms with Crippen LogP contribution in [0.4, 0.5) is 0 Å². The number of carbonyl (C=O) groups is 1. The van der Waals surface area contributed by atoms with Gasteiger partial charge in [-0.3, -0.25) is 4.79 Å². The number of rotatable bonds is 7. The Kier molecular flexibility index (Phi) is 3.72. The molecule has 1 N–H and O–H groups in total. The Morgan fingerprint density at radius 1 is 1.62 bits per heavy atom. The van der Waals surface area contributed by atoms with Crippen molar-refractivity contribution in [2.45, 2.75) is 45.2 Å². The van der Waals surface area contributed by atoms with Crippen LogP contribution in [0.3, 0.4) is 0 Å². The average molecular weight is 221 g/mol. The monoisotopic (exact) mass is 221 g/mol. The lowest BCUT2D eigenvalue weighted by atomic mass is 10.2. The summed E-state index contributed by atoms with van der Waals surface area (Å²) < 4.78 is 2.02. The van der Waals surface area contributed by atoms with E-state index in [0.29, 0.717) is 18.9 Å².